The van der Waals surface area contributed by atoms with Gasteiger partial charge in [-0.05, 0) is 38.0 Å². The maximum absolute atomic E-state index is 5.95. The molecule has 0 radical (unpaired) electrons. The van der Waals surface area contributed by atoms with Crippen LogP contribution in [-0.4, -0.2) is 22.4 Å². The summed E-state index contributed by atoms with van der Waals surface area (Å²) < 4.78 is 5.95. The first kappa shape index (κ1) is 12.0. The van der Waals surface area contributed by atoms with E-state index >= 15 is 0 Å². The van der Waals surface area contributed by atoms with E-state index in [4.69, 9.17) is 16.3 Å². The molecule has 6 N–H and O–H groups in total. The Morgan fingerprint density at radius 2 is 2.39 bits per heavy atom. The molecule has 1 spiro atoms. The summed E-state index contributed by atoms with van der Waals surface area (Å²) in [7, 11) is 0. The van der Waals surface area contributed by atoms with Gasteiger partial charge in [-0.1, -0.05) is 0 Å². The van der Waals surface area contributed by atoms with Gasteiger partial charge in [-0.25, -0.2) is 0 Å². The fourth-order valence-corrected chi connectivity index (χ4v) is 3.30. The molecule has 1 aromatic heterocycles. The molecule has 0 bridgehead atoms. The van der Waals surface area contributed by atoms with Gasteiger partial charge in [-0.3, -0.25) is 16.4 Å². The summed E-state index contributed by atoms with van der Waals surface area (Å²) in [6, 6.07) is 0.0603. The Labute approximate surface area is 106 Å². The van der Waals surface area contributed by atoms with Crippen LogP contribution in [0.25, 0.3) is 0 Å². The highest BCUT2D eigenvalue weighted by atomic mass is 16.5. The number of nitrogens with one attached hydrogen (secondary N) is 2. The molecule has 6 nitrogen and oxygen atoms in total. The van der Waals surface area contributed by atoms with E-state index < -0.39 is 0 Å². The molecule has 1 aliphatic heterocycles. The summed E-state index contributed by atoms with van der Waals surface area (Å²) in [4.78, 5) is 0. The van der Waals surface area contributed by atoms with Gasteiger partial charge in [-0.15, -0.1) is 0 Å². The van der Waals surface area contributed by atoms with Gasteiger partial charge in [0, 0.05) is 12.2 Å². The first-order valence-corrected chi connectivity index (χ1v) is 6.63. The van der Waals surface area contributed by atoms with Crippen LogP contribution < -0.4 is 17.0 Å². The average molecular weight is 251 g/mol. The van der Waals surface area contributed by atoms with Crippen molar-refractivity contribution in [3.8, 4) is 0 Å². The quantitative estimate of drug-likeness (QED) is 0.471. The number of hydrogen-bond acceptors (Lipinski definition) is 5. The van der Waals surface area contributed by atoms with Crippen LogP contribution in [0, 0.1) is 5.92 Å². The molecule has 100 valence electrons. The predicted molar refractivity (Wildman–Crippen MR) is 68.3 cm³/mol. The third-order valence-corrected chi connectivity index (χ3v) is 4.48. The molecular formula is C12H21N5O. The van der Waals surface area contributed by atoms with Crippen LogP contribution in [0.4, 0.5) is 5.82 Å². The minimum absolute atomic E-state index is 0.0603. The van der Waals surface area contributed by atoms with Crippen LogP contribution >= 0.6 is 0 Å². The van der Waals surface area contributed by atoms with Crippen molar-refractivity contribution in [1.29, 1.82) is 0 Å². The number of H-pyrrole nitrogens is 1. The van der Waals surface area contributed by atoms with Crippen molar-refractivity contribution >= 4 is 5.82 Å². The number of ether oxygens (including phenoxy) is 1. The molecular weight excluding hydrogens is 230 g/mol. The van der Waals surface area contributed by atoms with E-state index in [0.29, 0.717) is 11.7 Å². The lowest BCUT2D eigenvalue weighted by Crippen LogP contribution is -2.48. The third kappa shape index (κ3) is 1.90. The summed E-state index contributed by atoms with van der Waals surface area (Å²) in [5, 5.41) is 6.75. The molecule has 18 heavy (non-hydrogen) atoms. The molecule has 2 unspecified atom stereocenters. The molecule has 6 heteroatoms. The number of aromatic nitrogens is 2. The van der Waals surface area contributed by atoms with E-state index in [1.165, 1.54) is 19.3 Å². The Bertz CT molecular complexity index is 414. The van der Waals surface area contributed by atoms with Crippen LogP contribution in [0.1, 0.15) is 43.7 Å². The molecule has 2 fully saturated rings. The molecule has 1 saturated heterocycles. The highest BCUT2D eigenvalue weighted by Crippen LogP contribution is 2.47. The Kier molecular flexibility index (Phi) is 3.01. The lowest BCUT2D eigenvalue weighted by molar-refractivity contribution is -0.147. The summed E-state index contributed by atoms with van der Waals surface area (Å²) in [5.41, 5.74) is 9.89. The van der Waals surface area contributed by atoms with Crippen LogP contribution in [0.2, 0.25) is 0 Å². The van der Waals surface area contributed by atoms with Crippen molar-refractivity contribution in [2.75, 3.05) is 12.3 Å². The fraction of sp³-hybridized carbons (Fsp3) is 0.750. The number of aromatic amines is 1. The topological polar surface area (TPSA) is 102 Å². The Hall–Kier alpha value is -1.11. The van der Waals surface area contributed by atoms with Crippen LogP contribution in [0.15, 0.2) is 6.20 Å². The lowest BCUT2D eigenvalue weighted by atomic mass is 9.70. The number of anilines is 1. The van der Waals surface area contributed by atoms with Crippen molar-refractivity contribution in [3.05, 3.63) is 11.8 Å². The summed E-state index contributed by atoms with van der Waals surface area (Å²) >= 11 is 0. The summed E-state index contributed by atoms with van der Waals surface area (Å²) in [5.74, 6) is 6.79. The van der Waals surface area contributed by atoms with Gasteiger partial charge < -0.3 is 10.5 Å². The largest absolute Gasteiger partial charge is 0.384 e. The number of hydrazine groups is 1. The second kappa shape index (κ2) is 4.53. The number of nitrogens with zero attached hydrogens (tertiary/aromatic N) is 1. The van der Waals surface area contributed by atoms with Crippen molar-refractivity contribution in [2.45, 2.75) is 43.7 Å². The second-order valence-electron chi connectivity index (χ2n) is 5.52. The number of nitrogen functional groups attached to an aromatic ring is 1. The smallest absolute Gasteiger partial charge is 0.123 e. The van der Waals surface area contributed by atoms with Crippen molar-refractivity contribution < 1.29 is 4.74 Å². The molecule has 1 aromatic rings. The van der Waals surface area contributed by atoms with Gasteiger partial charge in [0.2, 0.25) is 0 Å². The maximum Gasteiger partial charge on any atom is 0.123 e. The lowest BCUT2D eigenvalue weighted by Gasteiger charge is -2.48. The SMILES string of the molecule is NNC(c1cn[nH]c1N)C1CCOC2(CCC2)C1. The van der Waals surface area contributed by atoms with Gasteiger partial charge in [0.1, 0.15) is 5.82 Å². The third-order valence-electron chi connectivity index (χ3n) is 4.48. The summed E-state index contributed by atoms with van der Waals surface area (Å²) in [6.45, 7) is 0.820. The normalized spacial score (nSPS) is 27.9. The Balaban J connectivity index is 1.77. The molecule has 1 aliphatic carbocycles. The van der Waals surface area contributed by atoms with Crippen LogP contribution in [0.3, 0.4) is 0 Å². The average Bonchev–Trinajstić information content (AvgIpc) is 2.75. The fourth-order valence-electron chi connectivity index (χ4n) is 3.30. The van der Waals surface area contributed by atoms with Crippen LogP contribution in [-0.2, 0) is 4.74 Å². The number of rotatable bonds is 3. The van der Waals surface area contributed by atoms with Crippen molar-refractivity contribution in [2.24, 2.45) is 11.8 Å². The van der Waals surface area contributed by atoms with E-state index in [1.807, 2.05) is 0 Å². The zero-order chi connectivity index (χ0) is 12.6. The molecule has 2 aliphatic rings. The molecule has 1 saturated carbocycles. The van der Waals surface area contributed by atoms with Gasteiger partial charge in [0.25, 0.3) is 0 Å². The monoisotopic (exact) mass is 251 g/mol. The van der Waals surface area contributed by atoms with E-state index in [-0.39, 0.29) is 11.6 Å². The van der Waals surface area contributed by atoms with Gasteiger partial charge in [0.15, 0.2) is 0 Å². The Morgan fingerprint density at radius 3 is 2.94 bits per heavy atom. The van der Waals surface area contributed by atoms with Gasteiger partial charge in [0.05, 0.1) is 17.8 Å². The number of nitrogens with two attached hydrogens (primary N) is 2. The molecule has 3 rings (SSSR count). The van der Waals surface area contributed by atoms with Gasteiger partial charge >= 0.3 is 0 Å². The minimum atomic E-state index is 0.0603. The van der Waals surface area contributed by atoms with E-state index in [2.05, 4.69) is 15.6 Å². The molecule has 2 atom stereocenters. The second-order valence-corrected chi connectivity index (χ2v) is 5.52. The van der Waals surface area contributed by atoms with Gasteiger partial charge in [-0.2, -0.15) is 5.10 Å². The molecule has 2 heterocycles. The first-order valence-electron chi connectivity index (χ1n) is 6.63. The van der Waals surface area contributed by atoms with E-state index in [1.54, 1.807) is 6.20 Å². The molecule has 0 amide bonds. The van der Waals surface area contributed by atoms with Crippen molar-refractivity contribution in [1.82, 2.24) is 15.6 Å². The van der Waals surface area contributed by atoms with Crippen molar-refractivity contribution in [3.63, 3.8) is 0 Å². The first-order chi connectivity index (χ1) is 8.74. The molecule has 0 aromatic carbocycles. The zero-order valence-electron chi connectivity index (χ0n) is 10.5. The Morgan fingerprint density at radius 1 is 1.56 bits per heavy atom. The van der Waals surface area contributed by atoms with Crippen LogP contribution in [0.5, 0.6) is 0 Å². The van der Waals surface area contributed by atoms with E-state index in [0.717, 1.165) is 25.0 Å². The number of hydrogen-bond donors (Lipinski definition) is 4. The highest BCUT2D eigenvalue weighted by Gasteiger charge is 2.44. The predicted octanol–water partition coefficient (Wildman–Crippen LogP) is 0.846. The highest BCUT2D eigenvalue weighted by molar-refractivity contribution is 5.39. The summed E-state index contributed by atoms with van der Waals surface area (Å²) in [6.07, 6.45) is 7.49. The zero-order valence-corrected chi connectivity index (χ0v) is 10.5. The van der Waals surface area contributed by atoms with E-state index in [9.17, 15) is 0 Å². The standard InChI is InChI=1S/C12H21N5O/c13-11-9(7-15-17-11)10(16-14)8-2-5-18-12(6-8)3-1-4-12/h7-8,10,16H,1-6,14H2,(H3,13,15,17). The maximum atomic E-state index is 5.95. The minimum Gasteiger partial charge on any atom is -0.384 e.